The lowest BCUT2D eigenvalue weighted by atomic mass is 9.94. The number of aromatic nitrogens is 1. The number of aromatic amines is 1. The number of epoxide rings is 1. The molecule has 3 aromatic heterocycles. The number of H-pyrrole nitrogens is 1. The Kier molecular flexibility index (Phi) is 14.4. The van der Waals surface area contributed by atoms with Gasteiger partial charge in [-0.2, -0.15) is 0 Å². The summed E-state index contributed by atoms with van der Waals surface area (Å²) in [5.74, 6) is -0.321. The van der Waals surface area contributed by atoms with Gasteiger partial charge < -0.3 is 48.8 Å². The molecule has 3 fully saturated rings. The van der Waals surface area contributed by atoms with Gasteiger partial charge in [-0.1, -0.05) is 84.0 Å². The number of likely N-dealkylation sites (N-methyl/N-ethyl adjacent to an activating group) is 1. The zero-order valence-electron chi connectivity index (χ0n) is 42.1. The number of nitrogens with one attached hydrogen (secondary N) is 4. The molecule has 6 heterocycles. The van der Waals surface area contributed by atoms with Crippen molar-refractivity contribution < 1.29 is 37.5 Å². The Balaban J connectivity index is 0.856. The summed E-state index contributed by atoms with van der Waals surface area (Å²) >= 11 is 3.06. The number of morpholine rings is 1. The van der Waals surface area contributed by atoms with Gasteiger partial charge in [0.25, 0.3) is 0 Å². The molecule has 372 valence electrons. The fourth-order valence-corrected chi connectivity index (χ4v) is 14.4. The van der Waals surface area contributed by atoms with Crippen LogP contribution < -0.4 is 21.5 Å². The summed E-state index contributed by atoms with van der Waals surface area (Å²) in [5, 5.41) is 25.0. The molecule has 5 aromatic rings. The van der Waals surface area contributed by atoms with Crippen LogP contribution in [-0.4, -0.2) is 100 Å². The lowest BCUT2D eigenvalue weighted by Gasteiger charge is -2.49. The van der Waals surface area contributed by atoms with E-state index in [4.69, 9.17) is 18.3 Å². The maximum atomic E-state index is 14.9. The number of hydrogen-bond donors (Lipinski definition) is 5. The smallest absolute Gasteiger partial charge is 0.348 e. The topological polar surface area (TPSA) is 164 Å². The molecular weight excluding hydrogens is 943 g/mol. The molecular formula is C52H72N5O8S2Si2+. The third kappa shape index (κ3) is 10.4. The first kappa shape index (κ1) is 51.2. The van der Waals surface area contributed by atoms with Gasteiger partial charge >= 0.3 is 12.0 Å². The van der Waals surface area contributed by atoms with Crippen LogP contribution in [0.5, 0.6) is 5.75 Å². The summed E-state index contributed by atoms with van der Waals surface area (Å²) in [5.41, 5.74) is 1.73. The SMILES string of the molecule is CC(C)(C)[Si](C)(C)O[C@@H](CNCc1cccc(CNC(=O)NCC[N+]2(C)C3CC(OC(=O)C(O[Si](C)(C)C(C)(C)C)(c4cccs4)c4cccs4)CC2C2OC23)c1)c1ccc(O)c2[nH]c(=O)ccc12. The van der Waals surface area contributed by atoms with E-state index < -0.39 is 22.2 Å². The third-order valence-corrected chi connectivity index (χ3v) is 26.7. The molecule has 69 heavy (non-hydrogen) atoms. The van der Waals surface area contributed by atoms with Gasteiger partial charge in [-0.3, -0.25) is 4.79 Å². The molecule has 5 N–H and O–H groups in total. The minimum absolute atomic E-state index is 0.0192. The number of fused-ring (bicyclic) bond motifs is 6. The van der Waals surface area contributed by atoms with Gasteiger partial charge in [0, 0.05) is 43.9 Å². The number of carbonyl (C=O) groups excluding carboxylic acids is 2. The van der Waals surface area contributed by atoms with Gasteiger partial charge in [-0.25, -0.2) is 9.59 Å². The zero-order chi connectivity index (χ0) is 49.7. The molecule has 3 saturated heterocycles. The van der Waals surface area contributed by atoms with Gasteiger partial charge in [-0.05, 0) is 88.0 Å². The van der Waals surface area contributed by atoms with Crippen LogP contribution in [0, 0.1) is 0 Å². The summed E-state index contributed by atoms with van der Waals surface area (Å²) in [6.45, 7) is 24.7. The maximum absolute atomic E-state index is 14.9. The molecule has 4 unspecified atom stereocenters. The van der Waals surface area contributed by atoms with Crippen LogP contribution in [0.25, 0.3) is 10.9 Å². The molecule has 0 saturated carbocycles. The number of thiophene rings is 2. The summed E-state index contributed by atoms with van der Waals surface area (Å²) in [6.07, 6.45) is 1.00. The highest BCUT2D eigenvalue weighted by molar-refractivity contribution is 7.12. The Morgan fingerprint density at radius 2 is 1.46 bits per heavy atom. The molecule has 17 heteroatoms. The number of carbonyl (C=O) groups is 2. The highest BCUT2D eigenvalue weighted by Gasteiger charge is 2.72. The van der Waals surface area contributed by atoms with Crippen LogP contribution in [-0.2, 0) is 41.8 Å². The molecule has 0 spiro atoms. The normalized spacial score (nSPS) is 23.1. The first-order chi connectivity index (χ1) is 32.4. The van der Waals surface area contributed by atoms with Crippen molar-refractivity contribution in [1.82, 2.24) is 20.9 Å². The first-order valence-corrected chi connectivity index (χ1v) is 31.8. The number of piperidine rings is 1. The van der Waals surface area contributed by atoms with Crippen molar-refractivity contribution in [3.63, 3.8) is 0 Å². The zero-order valence-corrected chi connectivity index (χ0v) is 45.7. The number of urea groups is 1. The van der Waals surface area contributed by atoms with E-state index in [0.29, 0.717) is 44.5 Å². The number of phenolic OH excluding ortho intramolecular Hbond substituents is 1. The third-order valence-electron chi connectivity index (χ3n) is 15.8. The first-order valence-electron chi connectivity index (χ1n) is 24.3. The van der Waals surface area contributed by atoms with Crippen molar-refractivity contribution in [2.45, 2.75) is 146 Å². The Morgan fingerprint density at radius 1 is 0.841 bits per heavy atom. The lowest BCUT2D eigenvalue weighted by molar-refractivity contribution is -0.955. The van der Waals surface area contributed by atoms with Gasteiger partial charge in [0.2, 0.25) is 11.2 Å². The molecule has 0 radical (unpaired) electrons. The average molecular weight is 1020 g/mol. The summed E-state index contributed by atoms with van der Waals surface area (Å²) in [6, 6.07) is 22.9. The number of aromatic hydroxyl groups is 1. The molecule has 2 bridgehead atoms. The Morgan fingerprint density at radius 3 is 2.06 bits per heavy atom. The standard InChI is InChI=1S/C52H71N5O8S2Si2/c1-50(2,3)68(8,9)64-41(36-19-21-40(58)45-37(36)20-22-44(59)56-45)32-53-30-33-15-12-16-34(27-33)31-55-49(61)54-23-24-57(7)38-28-35(29-39(57)47-46(38)63-47)62-48(60)52(42-17-13-25-66-42,43-18-14-26-67-43)65-69(10,11)51(4,5)6/h12-22,25-27,35,38-39,41,46-47,53H,23-24,28-32H2,1-11H3,(H3-,54,55,56,58,59,61)/p+1/t35?,38?,39?,41-,46?,47?,57?/m0/s1. The predicted octanol–water partition coefficient (Wildman–Crippen LogP) is 9.64. The highest BCUT2D eigenvalue weighted by atomic mass is 32.1. The summed E-state index contributed by atoms with van der Waals surface area (Å²) in [7, 11) is -2.46. The largest absolute Gasteiger partial charge is 0.506 e. The van der Waals surface area contributed by atoms with Crippen LogP contribution in [0.2, 0.25) is 36.3 Å². The quantitative estimate of drug-likeness (QED) is 0.0249. The van der Waals surface area contributed by atoms with E-state index in [2.05, 4.69) is 108 Å². The van der Waals surface area contributed by atoms with Crippen molar-refractivity contribution in [2.24, 2.45) is 0 Å². The minimum atomic E-state index is -2.48. The number of amides is 2. The fraction of sp³-hybridized carbons (Fsp3) is 0.519. The van der Waals surface area contributed by atoms with Crippen molar-refractivity contribution in [3.8, 4) is 5.75 Å². The maximum Gasteiger partial charge on any atom is 0.348 e. The van der Waals surface area contributed by atoms with E-state index in [-0.39, 0.29) is 69.9 Å². The van der Waals surface area contributed by atoms with Crippen LogP contribution in [0.1, 0.15) is 86.9 Å². The molecule has 2 aromatic carbocycles. The number of esters is 1. The van der Waals surface area contributed by atoms with Gasteiger partial charge in [0.1, 0.15) is 36.1 Å². The number of hydrogen-bond acceptors (Lipinski definition) is 11. The van der Waals surface area contributed by atoms with E-state index in [1.807, 2.05) is 53.2 Å². The van der Waals surface area contributed by atoms with E-state index in [1.165, 1.54) is 28.7 Å². The monoisotopic (exact) mass is 1010 g/mol. The van der Waals surface area contributed by atoms with E-state index in [1.54, 1.807) is 12.1 Å². The number of quaternary nitrogens is 1. The molecule has 0 aliphatic carbocycles. The van der Waals surface area contributed by atoms with Crippen LogP contribution >= 0.6 is 22.7 Å². The predicted molar refractivity (Wildman–Crippen MR) is 280 cm³/mol. The number of phenols is 1. The molecule has 13 nitrogen and oxygen atoms in total. The Bertz CT molecular complexity index is 2630. The molecule has 5 atom stereocenters. The van der Waals surface area contributed by atoms with Crippen molar-refractivity contribution in [3.05, 3.63) is 120 Å². The van der Waals surface area contributed by atoms with Gasteiger partial charge in [-0.15, -0.1) is 22.7 Å². The molecule has 2 amide bonds. The Hall–Kier alpha value is -4.18. The molecule has 3 aliphatic heterocycles. The minimum Gasteiger partial charge on any atom is -0.506 e. The lowest BCUT2D eigenvalue weighted by Crippen LogP contribution is -2.64. The number of rotatable bonds is 18. The summed E-state index contributed by atoms with van der Waals surface area (Å²) < 4.78 is 27.8. The Labute approximate surface area is 417 Å². The molecule has 3 aliphatic rings. The van der Waals surface area contributed by atoms with E-state index >= 15 is 0 Å². The number of nitrogens with zero attached hydrogens (tertiary/aromatic N) is 1. The van der Waals surface area contributed by atoms with E-state index in [9.17, 15) is 19.5 Å². The number of pyridine rings is 1. The van der Waals surface area contributed by atoms with Crippen LogP contribution in [0.3, 0.4) is 0 Å². The number of benzene rings is 2. The molecule has 8 rings (SSSR count). The van der Waals surface area contributed by atoms with Crippen LogP contribution in [0.15, 0.2) is 88.4 Å². The van der Waals surface area contributed by atoms with Crippen molar-refractivity contribution >= 4 is 62.2 Å². The van der Waals surface area contributed by atoms with Gasteiger partial charge in [0.15, 0.2) is 16.6 Å². The van der Waals surface area contributed by atoms with Crippen LogP contribution in [0.4, 0.5) is 4.79 Å². The fourth-order valence-electron chi connectivity index (χ4n) is 9.82. The second kappa shape index (κ2) is 19.4. The second-order valence-corrected chi connectivity index (χ2v) is 33.9. The van der Waals surface area contributed by atoms with Gasteiger partial charge in [0.05, 0.1) is 41.5 Å². The van der Waals surface area contributed by atoms with Crippen molar-refractivity contribution in [1.29, 1.82) is 0 Å². The number of ether oxygens (including phenoxy) is 2. The highest BCUT2D eigenvalue weighted by Crippen LogP contribution is 2.54. The summed E-state index contributed by atoms with van der Waals surface area (Å²) in [4.78, 5) is 44.8. The second-order valence-electron chi connectivity index (χ2n) is 22.5. The average Bonchev–Trinajstić information content (AvgIpc) is 3.53. The van der Waals surface area contributed by atoms with Crippen molar-refractivity contribution in [2.75, 3.05) is 26.7 Å². The van der Waals surface area contributed by atoms with E-state index in [0.717, 1.165) is 42.9 Å².